The molecule has 98 valence electrons. The summed E-state index contributed by atoms with van der Waals surface area (Å²) >= 11 is 0. The maximum atomic E-state index is 11.6. The molecule has 1 rings (SSSR count). The topological polar surface area (TPSA) is 105 Å². The third-order valence-corrected chi connectivity index (χ3v) is 2.53. The lowest BCUT2D eigenvalue weighted by molar-refractivity contribution is -0.123. The fourth-order valence-corrected chi connectivity index (χ4v) is 1.31. The molecule has 1 aromatic rings. The lowest BCUT2D eigenvalue weighted by Gasteiger charge is -2.15. The van der Waals surface area contributed by atoms with Crippen LogP contribution in [0.15, 0.2) is 18.3 Å². The van der Waals surface area contributed by atoms with Crippen LogP contribution in [-0.4, -0.2) is 28.0 Å². The van der Waals surface area contributed by atoms with Gasteiger partial charge in [0.1, 0.15) is 0 Å². The van der Waals surface area contributed by atoms with E-state index in [1.54, 1.807) is 0 Å². The third kappa shape index (κ3) is 3.81. The molecule has 0 spiro atoms. The van der Waals surface area contributed by atoms with Gasteiger partial charge in [-0.3, -0.25) is 9.78 Å². The van der Waals surface area contributed by atoms with E-state index >= 15 is 0 Å². The van der Waals surface area contributed by atoms with Crippen molar-refractivity contribution in [2.75, 3.05) is 0 Å². The second-order valence-corrected chi connectivity index (χ2v) is 4.33. The van der Waals surface area contributed by atoms with Gasteiger partial charge in [0, 0.05) is 6.20 Å². The Morgan fingerprint density at radius 1 is 1.50 bits per heavy atom. The monoisotopic (exact) mass is 251 g/mol. The third-order valence-electron chi connectivity index (χ3n) is 2.53. The van der Waals surface area contributed by atoms with Crippen molar-refractivity contribution in [1.29, 1.82) is 0 Å². The van der Waals surface area contributed by atoms with Gasteiger partial charge in [-0.1, -0.05) is 13.8 Å². The van der Waals surface area contributed by atoms with Crippen LogP contribution in [0.2, 0.25) is 0 Å². The van der Waals surface area contributed by atoms with Gasteiger partial charge in [0.2, 0.25) is 5.91 Å². The number of nitrogens with zero attached hydrogens (tertiary/aromatic N) is 1. The second-order valence-electron chi connectivity index (χ2n) is 4.33. The first-order chi connectivity index (χ1) is 8.41. The zero-order chi connectivity index (χ0) is 13.7. The molecule has 1 atom stereocenters. The molecule has 1 amide bonds. The molecule has 4 N–H and O–H groups in total. The molecule has 6 nitrogen and oxygen atoms in total. The molecule has 0 radical (unpaired) electrons. The van der Waals surface area contributed by atoms with Crippen LogP contribution < -0.4 is 11.1 Å². The van der Waals surface area contributed by atoms with E-state index in [2.05, 4.69) is 10.3 Å². The predicted octanol–water partition coefficient (Wildman–Crippen LogP) is 0.379. The summed E-state index contributed by atoms with van der Waals surface area (Å²) in [6, 6.07) is 2.24. The van der Waals surface area contributed by atoms with Crippen LogP contribution in [0.4, 0.5) is 0 Å². The zero-order valence-corrected chi connectivity index (χ0v) is 10.4. The summed E-state index contributed by atoms with van der Waals surface area (Å²) < 4.78 is 0. The molecule has 1 aromatic heterocycles. The minimum Gasteiger partial charge on any atom is -0.478 e. The fraction of sp³-hybridized carbons (Fsp3) is 0.417. The Hall–Kier alpha value is -1.95. The van der Waals surface area contributed by atoms with E-state index in [0.29, 0.717) is 5.69 Å². The predicted molar refractivity (Wildman–Crippen MR) is 65.9 cm³/mol. The van der Waals surface area contributed by atoms with Gasteiger partial charge in [0.15, 0.2) is 0 Å². The standard InChI is InChI=1S/C12H17N3O3/c1-7(2)10(13)11(16)15-6-9-5-8(12(17)18)3-4-14-9/h3-5,7,10H,6,13H2,1-2H3,(H,15,16)(H,17,18). The van der Waals surface area contributed by atoms with Gasteiger partial charge in [-0.2, -0.15) is 0 Å². The molecule has 0 aromatic carbocycles. The molecule has 6 heteroatoms. The Morgan fingerprint density at radius 2 is 2.17 bits per heavy atom. The number of carboxylic acid groups (broad SMARTS) is 1. The number of aromatic nitrogens is 1. The van der Waals surface area contributed by atoms with Crippen molar-refractivity contribution in [2.45, 2.75) is 26.4 Å². The van der Waals surface area contributed by atoms with Crippen molar-refractivity contribution < 1.29 is 14.7 Å². The largest absolute Gasteiger partial charge is 0.478 e. The molecule has 1 unspecified atom stereocenters. The van der Waals surface area contributed by atoms with Crippen LogP contribution in [0, 0.1) is 5.92 Å². The first kappa shape index (κ1) is 14.1. The molecule has 18 heavy (non-hydrogen) atoms. The first-order valence-corrected chi connectivity index (χ1v) is 5.63. The minimum atomic E-state index is -1.02. The summed E-state index contributed by atoms with van der Waals surface area (Å²) in [5.41, 5.74) is 6.30. The van der Waals surface area contributed by atoms with Crippen molar-refractivity contribution in [1.82, 2.24) is 10.3 Å². The van der Waals surface area contributed by atoms with Crippen molar-refractivity contribution in [3.05, 3.63) is 29.6 Å². The zero-order valence-electron chi connectivity index (χ0n) is 10.4. The number of carbonyl (C=O) groups excluding carboxylic acids is 1. The number of nitrogens with two attached hydrogens (primary N) is 1. The van der Waals surface area contributed by atoms with E-state index in [0.717, 1.165) is 0 Å². The molecular weight excluding hydrogens is 234 g/mol. The highest BCUT2D eigenvalue weighted by molar-refractivity contribution is 5.87. The smallest absolute Gasteiger partial charge is 0.335 e. The van der Waals surface area contributed by atoms with Crippen LogP contribution in [0.5, 0.6) is 0 Å². The molecule has 0 aliphatic rings. The molecule has 0 aliphatic heterocycles. The summed E-state index contributed by atoms with van der Waals surface area (Å²) in [7, 11) is 0. The molecule has 0 fully saturated rings. The van der Waals surface area contributed by atoms with Gasteiger partial charge in [-0.05, 0) is 18.1 Å². The van der Waals surface area contributed by atoms with E-state index in [1.165, 1.54) is 18.3 Å². The number of hydrogen-bond donors (Lipinski definition) is 3. The van der Waals surface area contributed by atoms with Gasteiger partial charge in [-0.25, -0.2) is 4.79 Å². The normalized spacial score (nSPS) is 12.2. The summed E-state index contributed by atoms with van der Waals surface area (Å²) in [5, 5.41) is 11.4. The van der Waals surface area contributed by atoms with Gasteiger partial charge in [0.25, 0.3) is 0 Å². The van der Waals surface area contributed by atoms with Crippen molar-refractivity contribution in [3.8, 4) is 0 Å². The number of aromatic carboxylic acids is 1. The van der Waals surface area contributed by atoms with Gasteiger partial charge in [-0.15, -0.1) is 0 Å². The van der Waals surface area contributed by atoms with Gasteiger partial charge in [0.05, 0.1) is 23.8 Å². The lowest BCUT2D eigenvalue weighted by atomic mass is 10.1. The number of rotatable bonds is 5. The second kappa shape index (κ2) is 6.11. The highest BCUT2D eigenvalue weighted by Gasteiger charge is 2.16. The number of hydrogen-bond acceptors (Lipinski definition) is 4. The quantitative estimate of drug-likeness (QED) is 0.701. The maximum Gasteiger partial charge on any atom is 0.335 e. The molecule has 1 heterocycles. The summed E-state index contributed by atoms with van der Waals surface area (Å²) in [6.07, 6.45) is 1.40. The summed E-state index contributed by atoms with van der Waals surface area (Å²) in [6.45, 7) is 3.88. The molecule has 0 bridgehead atoms. The molecule has 0 aliphatic carbocycles. The maximum absolute atomic E-state index is 11.6. The number of pyridine rings is 1. The van der Waals surface area contributed by atoms with E-state index in [9.17, 15) is 9.59 Å². The van der Waals surface area contributed by atoms with Crippen LogP contribution in [-0.2, 0) is 11.3 Å². The summed E-state index contributed by atoms with van der Waals surface area (Å²) in [5.74, 6) is -1.25. The first-order valence-electron chi connectivity index (χ1n) is 5.63. The number of nitrogens with one attached hydrogen (secondary N) is 1. The van der Waals surface area contributed by atoms with E-state index in [4.69, 9.17) is 10.8 Å². The highest BCUT2D eigenvalue weighted by Crippen LogP contribution is 2.03. The molecule has 0 saturated heterocycles. The number of carbonyl (C=O) groups is 2. The molecular formula is C12H17N3O3. The van der Waals surface area contributed by atoms with Gasteiger partial charge < -0.3 is 16.2 Å². The van der Waals surface area contributed by atoms with Crippen molar-refractivity contribution in [2.24, 2.45) is 11.7 Å². The number of amides is 1. The van der Waals surface area contributed by atoms with Gasteiger partial charge >= 0.3 is 5.97 Å². The van der Waals surface area contributed by atoms with Crippen molar-refractivity contribution >= 4 is 11.9 Å². The number of carboxylic acids is 1. The average Bonchev–Trinajstić information content (AvgIpc) is 2.35. The summed E-state index contributed by atoms with van der Waals surface area (Å²) in [4.78, 5) is 26.3. The Morgan fingerprint density at radius 3 is 2.72 bits per heavy atom. The lowest BCUT2D eigenvalue weighted by Crippen LogP contribution is -2.43. The van der Waals surface area contributed by atoms with Crippen molar-refractivity contribution in [3.63, 3.8) is 0 Å². The van der Waals surface area contributed by atoms with Crippen LogP contribution in [0.3, 0.4) is 0 Å². The fourth-order valence-electron chi connectivity index (χ4n) is 1.31. The SMILES string of the molecule is CC(C)C(N)C(=O)NCc1cc(C(=O)O)ccn1. The van der Waals surface area contributed by atoms with Crippen LogP contribution in [0.25, 0.3) is 0 Å². The van der Waals surface area contributed by atoms with Crippen LogP contribution in [0.1, 0.15) is 29.9 Å². The van der Waals surface area contributed by atoms with E-state index in [-0.39, 0.29) is 23.9 Å². The van der Waals surface area contributed by atoms with E-state index < -0.39 is 12.0 Å². The Labute approximate surface area is 105 Å². The average molecular weight is 251 g/mol. The van der Waals surface area contributed by atoms with E-state index in [1.807, 2.05) is 13.8 Å². The Bertz CT molecular complexity index is 446. The Kier molecular flexibility index (Phi) is 4.79. The molecule has 0 saturated carbocycles. The van der Waals surface area contributed by atoms with Crippen LogP contribution >= 0.6 is 0 Å². The Balaban J connectivity index is 2.61. The minimum absolute atomic E-state index is 0.0447. The highest BCUT2D eigenvalue weighted by atomic mass is 16.4.